The van der Waals surface area contributed by atoms with Gasteiger partial charge in [-0.1, -0.05) is 18.1 Å². The molecule has 15 heteroatoms. The minimum absolute atomic E-state index is 0.101. The third-order valence-electron chi connectivity index (χ3n) is 6.31. The van der Waals surface area contributed by atoms with Gasteiger partial charge in [-0.3, -0.25) is 0 Å². The summed E-state index contributed by atoms with van der Waals surface area (Å²) in [6.45, 7) is 4.05. The van der Waals surface area contributed by atoms with E-state index in [0.717, 1.165) is 18.3 Å². The smallest absolute Gasteiger partial charge is 0.414 e. The van der Waals surface area contributed by atoms with Gasteiger partial charge in [-0.15, -0.1) is 6.42 Å². The highest BCUT2D eigenvalue weighted by atomic mass is 32.2. The van der Waals surface area contributed by atoms with Crippen LogP contribution in [0.2, 0.25) is 0 Å². The van der Waals surface area contributed by atoms with Crippen molar-refractivity contribution in [2.45, 2.75) is 31.2 Å². The number of hydrogen-bond acceptors (Lipinski definition) is 9. The van der Waals surface area contributed by atoms with Crippen molar-refractivity contribution in [3.8, 4) is 18.1 Å². The molecule has 0 radical (unpaired) electrons. The molecule has 1 amide bonds. The second-order valence-corrected chi connectivity index (χ2v) is 11.3. The third kappa shape index (κ3) is 7.90. The van der Waals surface area contributed by atoms with E-state index in [1.165, 1.54) is 31.1 Å². The Morgan fingerprint density at radius 1 is 1.11 bits per heavy atom. The average Bonchev–Trinajstić information content (AvgIpc) is 2.97. The van der Waals surface area contributed by atoms with Gasteiger partial charge in [-0.25, -0.2) is 36.1 Å². The summed E-state index contributed by atoms with van der Waals surface area (Å²) in [4.78, 5) is 35.1. The summed E-state index contributed by atoms with van der Waals surface area (Å²) in [6, 6.07) is 6.78. The Kier molecular flexibility index (Phi) is 11.0. The monoisotopic (exact) mass is 630 g/mol. The minimum Gasteiger partial charge on any atom is -0.480 e. The number of anilines is 3. The van der Waals surface area contributed by atoms with Gasteiger partial charge in [0.15, 0.2) is 5.82 Å². The summed E-state index contributed by atoms with van der Waals surface area (Å²) in [7, 11) is -1.69. The first-order chi connectivity index (χ1) is 20.8. The molecular formula is C29H32F2N6O6S. The number of nitrogens with one attached hydrogen (secondary N) is 1. The molecule has 0 bridgehead atoms. The lowest BCUT2D eigenvalue weighted by molar-refractivity contribution is -0.137. The molecule has 0 saturated carbocycles. The van der Waals surface area contributed by atoms with E-state index in [1.54, 1.807) is 17.0 Å². The van der Waals surface area contributed by atoms with Crippen molar-refractivity contribution in [2.75, 3.05) is 48.3 Å². The minimum atomic E-state index is -4.74. The van der Waals surface area contributed by atoms with Crippen LogP contribution in [0.1, 0.15) is 19.4 Å². The first-order valence-corrected chi connectivity index (χ1v) is 14.8. The molecule has 0 saturated heterocycles. The quantitative estimate of drug-likeness (QED) is 0.269. The van der Waals surface area contributed by atoms with Crippen LogP contribution < -0.4 is 19.3 Å². The molecule has 2 aromatic carbocycles. The fourth-order valence-corrected chi connectivity index (χ4v) is 5.41. The van der Waals surface area contributed by atoms with Crippen molar-refractivity contribution in [2.24, 2.45) is 0 Å². The van der Waals surface area contributed by atoms with Crippen molar-refractivity contribution < 1.29 is 36.6 Å². The third-order valence-corrected chi connectivity index (χ3v) is 8.10. The summed E-state index contributed by atoms with van der Waals surface area (Å²) in [5.74, 6) is -1.20. The zero-order valence-electron chi connectivity index (χ0n) is 24.5. The number of benzene rings is 2. The predicted molar refractivity (Wildman–Crippen MR) is 160 cm³/mol. The van der Waals surface area contributed by atoms with Crippen LogP contribution in [0.15, 0.2) is 53.6 Å². The lowest BCUT2D eigenvalue weighted by Crippen LogP contribution is -2.36. The normalized spacial score (nSPS) is 11.7. The molecule has 234 valence electrons. The molecule has 0 aliphatic heterocycles. The number of carbonyl (C=O) groups is 2. The van der Waals surface area contributed by atoms with Crippen molar-refractivity contribution in [3.63, 3.8) is 0 Å². The molecule has 0 fully saturated rings. The number of carboxylic acids is 1. The van der Waals surface area contributed by atoms with E-state index >= 15 is 0 Å². The Bertz CT molecular complexity index is 1640. The fraction of sp³-hybridized carbons (Fsp3) is 0.310. The lowest BCUT2D eigenvalue weighted by atomic mass is 10.1. The van der Waals surface area contributed by atoms with Gasteiger partial charge in [0.05, 0.1) is 12.7 Å². The molecule has 0 aliphatic rings. The molecule has 12 nitrogen and oxygen atoms in total. The van der Waals surface area contributed by atoms with E-state index in [1.807, 2.05) is 13.8 Å². The van der Waals surface area contributed by atoms with Crippen molar-refractivity contribution in [1.82, 2.24) is 14.9 Å². The number of amides is 1. The van der Waals surface area contributed by atoms with E-state index in [2.05, 4.69) is 21.2 Å². The van der Waals surface area contributed by atoms with Crippen molar-refractivity contribution in [1.29, 1.82) is 0 Å². The largest absolute Gasteiger partial charge is 0.480 e. The maximum absolute atomic E-state index is 14.7. The fourth-order valence-electron chi connectivity index (χ4n) is 3.99. The number of carbonyl (C=O) groups excluding carboxylic acids is 1. The van der Waals surface area contributed by atoms with Gasteiger partial charge < -0.3 is 25.0 Å². The Hall–Kier alpha value is -4.97. The molecule has 3 rings (SSSR count). The predicted octanol–water partition coefficient (Wildman–Crippen LogP) is 3.60. The SMILES string of the molecule is C#CCN(c1cnc(N(CC)CC)nc1NC(Cc1ccc(OC(=O)N(C)C)cc1)C(=O)O)S(=O)(=O)c1ccc(F)cc1F. The summed E-state index contributed by atoms with van der Waals surface area (Å²) in [6.07, 6.45) is 5.93. The number of ether oxygens (including phenoxy) is 1. The highest BCUT2D eigenvalue weighted by Gasteiger charge is 2.32. The number of nitrogens with zero attached hydrogens (tertiary/aromatic N) is 5. The molecule has 1 heterocycles. The highest BCUT2D eigenvalue weighted by molar-refractivity contribution is 7.92. The van der Waals surface area contributed by atoms with Crippen LogP contribution in [0.3, 0.4) is 0 Å². The molecule has 2 N–H and O–H groups in total. The van der Waals surface area contributed by atoms with Gasteiger partial charge in [0.2, 0.25) is 5.95 Å². The van der Waals surface area contributed by atoms with Crippen LogP contribution in [-0.2, 0) is 21.2 Å². The Morgan fingerprint density at radius 2 is 1.77 bits per heavy atom. The van der Waals surface area contributed by atoms with Crippen molar-refractivity contribution in [3.05, 3.63) is 65.9 Å². The number of rotatable bonds is 13. The number of carboxylic acid groups (broad SMARTS) is 1. The molecule has 3 aromatic rings. The zero-order chi connectivity index (χ0) is 32.6. The van der Waals surface area contributed by atoms with Crippen LogP contribution >= 0.6 is 0 Å². The maximum atomic E-state index is 14.7. The number of aromatic nitrogens is 2. The van der Waals surface area contributed by atoms with Crippen LogP contribution in [0.25, 0.3) is 0 Å². The molecular weight excluding hydrogens is 598 g/mol. The molecule has 0 aliphatic carbocycles. The number of aliphatic carboxylic acids is 1. The summed E-state index contributed by atoms with van der Waals surface area (Å²) >= 11 is 0. The van der Waals surface area contributed by atoms with Crippen LogP contribution in [-0.4, -0.2) is 80.2 Å². The summed E-state index contributed by atoms with van der Waals surface area (Å²) in [5.41, 5.74) is 0.287. The van der Waals surface area contributed by atoms with Crippen LogP contribution in [0.4, 0.5) is 31.0 Å². The number of halogens is 2. The van der Waals surface area contributed by atoms with E-state index in [-0.39, 0.29) is 29.6 Å². The number of terminal acetylenes is 1. The number of sulfonamides is 1. The highest BCUT2D eigenvalue weighted by Crippen LogP contribution is 2.32. The summed E-state index contributed by atoms with van der Waals surface area (Å²) < 4.78 is 61.3. The van der Waals surface area contributed by atoms with E-state index in [9.17, 15) is 31.9 Å². The van der Waals surface area contributed by atoms with Gasteiger partial charge >= 0.3 is 12.1 Å². The van der Waals surface area contributed by atoms with Gasteiger partial charge in [-0.2, -0.15) is 4.98 Å². The van der Waals surface area contributed by atoms with Gasteiger partial charge in [0.25, 0.3) is 10.0 Å². The van der Waals surface area contributed by atoms with Crippen LogP contribution in [0, 0.1) is 24.0 Å². The van der Waals surface area contributed by atoms with E-state index in [0.29, 0.717) is 29.0 Å². The molecule has 0 spiro atoms. The lowest BCUT2D eigenvalue weighted by Gasteiger charge is -2.27. The molecule has 44 heavy (non-hydrogen) atoms. The van der Waals surface area contributed by atoms with E-state index in [4.69, 9.17) is 11.2 Å². The van der Waals surface area contributed by atoms with E-state index < -0.39 is 51.2 Å². The zero-order valence-corrected chi connectivity index (χ0v) is 25.3. The maximum Gasteiger partial charge on any atom is 0.414 e. The Labute approximate surface area is 254 Å². The van der Waals surface area contributed by atoms with Crippen LogP contribution in [0.5, 0.6) is 5.75 Å². The first kappa shape index (κ1) is 33.5. The summed E-state index contributed by atoms with van der Waals surface area (Å²) in [5, 5.41) is 12.9. The average molecular weight is 631 g/mol. The Morgan fingerprint density at radius 3 is 2.32 bits per heavy atom. The molecule has 1 atom stereocenters. The Balaban J connectivity index is 2.07. The van der Waals surface area contributed by atoms with Crippen molar-refractivity contribution >= 4 is 39.5 Å². The molecule has 1 aromatic heterocycles. The molecule has 1 unspecified atom stereocenters. The second kappa shape index (κ2) is 14.5. The van der Waals surface area contributed by atoms with Gasteiger partial charge in [0, 0.05) is 39.7 Å². The van der Waals surface area contributed by atoms with Gasteiger partial charge in [0.1, 0.15) is 34.0 Å². The number of hydrogen-bond donors (Lipinski definition) is 2. The standard InChI is InChI=1S/C29H32F2N6O6S/c1-6-15-37(44(41,42)25-14-11-20(30)17-22(25)31)24-18-32-28(36(7-2)8-3)34-26(24)33-23(27(38)39)16-19-9-12-21(13-10-19)43-29(40)35(4)5/h1,9-14,17-18,23H,7-8,15-16H2,2-5H3,(H,38,39)(H,32,33,34). The van der Waals surface area contributed by atoms with Gasteiger partial charge in [-0.05, 0) is 43.7 Å². The second-order valence-electron chi connectivity index (χ2n) is 9.51. The first-order valence-electron chi connectivity index (χ1n) is 13.3. The topological polar surface area (TPSA) is 145 Å².